The first-order chi connectivity index (χ1) is 14.4. The third-order valence-corrected chi connectivity index (χ3v) is 4.61. The van der Waals surface area contributed by atoms with Gasteiger partial charge in [0.2, 0.25) is 12.1 Å². The summed E-state index contributed by atoms with van der Waals surface area (Å²) in [6, 6.07) is 4.49. The van der Waals surface area contributed by atoms with E-state index < -0.39 is 62.0 Å². The average molecular weight is 442 g/mol. The van der Waals surface area contributed by atoms with Crippen LogP contribution in [0.1, 0.15) is 56.5 Å². The first-order valence-corrected chi connectivity index (χ1v) is 9.90. The predicted molar refractivity (Wildman–Crippen MR) is 105 cm³/mol. The Morgan fingerprint density at radius 2 is 1.90 bits per heavy atom. The summed E-state index contributed by atoms with van der Waals surface area (Å²) in [6.45, 7) is 5.77. The molecule has 1 heterocycles. The molecule has 0 saturated heterocycles. The van der Waals surface area contributed by atoms with E-state index in [0.717, 1.165) is 0 Å². The van der Waals surface area contributed by atoms with Crippen molar-refractivity contribution in [3.05, 3.63) is 29.3 Å². The Labute approximate surface area is 178 Å². The van der Waals surface area contributed by atoms with E-state index in [0.29, 0.717) is 5.56 Å². The molecule has 11 heteroatoms. The van der Waals surface area contributed by atoms with Crippen molar-refractivity contribution in [3.63, 3.8) is 0 Å². The van der Waals surface area contributed by atoms with Crippen molar-refractivity contribution in [1.82, 2.24) is 0 Å². The fraction of sp³-hybridized carbons (Fsp3) is 0.550. The van der Waals surface area contributed by atoms with Crippen molar-refractivity contribution in [1.29, 1.82) is 0 Å². The number of halogens is 2. The van der Waals surface area contributed by atoms with Gasteiger partial charge in [-0.1, -0.05) is 19.1 Å². The minimum Gasteiger partial charge on any atom is -0.535 e. The van der Waals surface area contributed by atoms with Crippen LogP contribution in [-0.4, -0.2) is 48.4 Å². The number of fused-ring (bicyclic) bond motifs is 1. The van der Waals surface area contributed by atoms with Crippen molar-refractivity contribution in [2.75, 3.05) is 0 Å². The molecule has 0 spiro atoms. The summed E-state index contributed by atoms with van der Waals surface area (Å²) < 4.78 is 47.3. The number of hydrogen-bond donors (Lipinski definition) is 1. The van der Waals surface area contributed by atoms with Crippen LogP contribution in [0.2, 0.25) is 5.82 Å². The number of rotatable bonds is 8. The lowest BCUT2D eigenvalue weighted by atomic mass is 9.64. The first-order valence-electron chi connectivity index (χ1n) is 9.90. The van der Waals surface area contributed by atoms with E-state index in [1.807, 2.05) is 0 Å². The molecule has 1 aromatic rings. The summed E-state index contributed by atoms with van der Waals surface area (Å²) in [5.41, 5.74) is 0.401. The summed E-state index contributed by atoms with van der Waals surface area (Å²) in [5, 5.41) is 10.2. The molecule has 1 N–H and O–H groups in total. The van der Waals surface area contributed by atoms with Gasteiger partial charge >= 0.3 is 25.2 Å². The zero-order valence-corrected chi connectivity index (χ0v) is 17.7. The number of ketones is 1. The predicted octanol–water partition coefficient (Wildman–Crippen LogP) is 3.54. The Kier molecular flexibility index (Phi) is 7.99. The van der Waals surface area contributed by atoms with Gasteiger partial charge in [-0.2, -0.15) is 8.78 Å². The van der Waals surface area contributed by atoms with Crippen LogP contribution in [0.15, 0.2) is 18.2 Å². The molecule has 0 amide bonds. The fourth-order valence-electron chi connectivity index (χ4n) is 3.00. The van der Waals surface area contributed by atoms with Gasteiger partial charge in [0.05, 0.1) is 6.10 Å². The molecule has 31 heavy (non-hydrogen) atoms. The maximum absolute atomic E-state index is 13.6. The second-order valence-corrected chi connectivity index (χ2v) is 7.46. The van der Waals surface area contributed by atoms with Gasteiger partial charge in [0.15, 0.2) is 0 Å². The highest BCUT2D eigenvalue weighted by Crippen LogP contribution is 2.38. The number of hydrogen-bond acceptors (Lipinski definition) is 8. The highest BCUT2D eigenvalue weighted by molar-refractivity contribution is 6.47. The SMILES string of the molecule is CCC(F)(F)C(=O)C[C@H]1Cc2cccc(C(=O)OC(C)OC(=O)OC(C)C)c2OB1O. The zero-order chi connectivity index (χ0) is 23.3. The molecule has 1 unspecified atom stereocenters. The Balaban J connectivity index is 2.10. The summed E-state index contributed by atoms with van der Waals surface area (Å²) in [4.78, 5) is 35.8. The largest absolute Gasteiger partial charge is 0.535 e. The van der Waals surface area contributed by atoms with Gasteiger partial charge in [-0.25, -0.2) is 9.59 Å². The molecular weight excluding hydrogens is 417 g/mol. The van der Waals surface area contributed by atoms with E-state index >= 15 is 0 Å². The zero-order valence-electron chi connectivity index (χ0n) is 17.7. The van der Waals surface area contributed by atoms with Crippen LogP contribution in [0.5, 0.6) is 5.75 Å². The number of Topliss-reactive ketones (excluding diaryl/α,β-unsaturated/α-hetero) is 1. The standard InChI is InChI=1S/C20H25BF2O8/c1-5-20(22,23)16(24)10-14-9-13-7-6-8-15(17(13)31-21(14)27)18(25)29-12(4)30-19(26)28-11(2)3/h6-8,11-12,14,27H,5,9-10H2,1-4H3/t12?,14-/m1/s1. The highest BCUT2D eigenvalue weighted by Gasteiger charge is 2.43. The van der Waals surface area contributed by atoms with E-state index in [1.165, 1.54) is 26.0 Å². The monoisotopic (exact) mass is 442 g/mol. The first kappa shape index (κ1) is 24.6. The summed E-state index contributed by atoms with van der Waals surface area (Å²) in [7, 11) is -1.56. The summed E-state index contributed by atoms with van der Waals surface area (Å²) >= 11 is 0. The number of carbonyl (C=O) groups is 3. The molecule has 1 aliphatic rings. The van der Waals surface area contributed by atoms with Gasteiger partial charge < -0.3 is 23.9 Å². The molecule has 1 aromatic carbocycles. The quantitative estimate of drug-likeness (QED) is 0.370. The topological polar surface area (TPSA) is 108 Å². The van der Waals surface area contributed by atoms with Crippen LogP contribution in [0.4, 0.5) is 13.6 Å². The minimum absolute atomic E-state index is 0.0166. The molecule has 170 valence electrons. The number of esters is 1. The molecule has 2 rings (SSSR count). The lowest BCUT2D eigenvalue weighted by Crippen LogP contribution is -2.38. The van der Waals surface area contributed by atoms with Crippen molar-refractivity contribution in [2.45, 2.75) is 71.1 Å². The number of para-hydroxylation sites is 1. The molecule has 0 aromatic heterocycles. The van der Waals surface area contributed by atoms with Gasteiger partial charge in [0, 0.05) is 25.6 Å². The van der Waals surface area contributed by atoms with Gasteiger partial charge in [0.25, 0.3) is 0 Å². The van der Waals surface area contributed by atoms with Gasteiger partial charge in [0.1, 0.15) is 11.3 Å². The lowest BCUT2D eigenvalue weighted by molar-refractivity contribution is -0.143. The van der Waals surface area contributed by atoms with E-state index in [9.17, 15) is 28.2 Å². The Morgan fingerprint density at radius 3 is 2.52 bits per heavy atom. The minimum atomic E-state index is -3.47. The van der Waals surface area contributed by atoms with Crippen molar-refractivity contribution < 1.29 is 47.1 Å². The molecule has 0 radical (unpaired) electrons. The van der Waals surface area contributed by atoms with Crippen LogP contribution in [-0.2, 0) is 25.4 Å². The smallest absolute Gasteiger partial charge is 0.526 e. The Bertz CT molecular complexity index is 829. The van der Waals surface area contributed by atoms with Crippen molar-refractivity contribution in [3.8, 4) is 5.75 Å². The Hall–Kier alpha value is -2.69. The van der Waals surface area contributed by atoms with E-state index in [1.54, 1.807) is 19.9 Å². The van der Waals surface area contributed by atoms with Gasteiger partial charge in [-0.15, -0.1) is 0 Å². The van der Waals surface area contributed by atoms with E-state index in [2.05, 4.69) is 0 Å². The molecule has 8 nitrogen and oxygen atoms in total. The van der Waals surface area contributed by atoms with Crippen LogP contribution in [0, 0.1) is 0 Å². The number of carbonyl (C=O) groups excluding carboxylic acids is 3. The molecule has 2 atom stereocenters. The maximum Gasteiger partial charge on any atom is 0.526 e. The van der Waals surface area contributed by atoms with Gasteiger partial charge in [-0.05, 0) is 31.9 Å². The van der Waals surface area contributed by atoms with E-state index in [-0.39, 0.29) is 17.7 Å². The normalized spacial score (nSPS) is 16.8. The number of alkyl halides is 2. The second-order valence-electron chi connectivity index (χ2n) is 7.46. The van der Waals surface area contributed by atoms with Crippen LogP contribution < -0.4 is 4.65 Å². The third-order valence-electron chi connectivity index (χ3n) is 4.61. The van der Waals surface area contributed by atoms with Crippen LogP contribution in [0.3, 0.4) is 0 Å². The molecule has 0 bridgehead atoms. The molecule has 1 aliphatic heterocycles. The lowest BCUT2D eigenvalue weighted by Gasteiger charge is -2.29. The molecular formula is C20H25BF2O8. The Morgan fingerprint density at radius 1 is 1.23 bits per heavy atom. The number of benzene rings is 1. The summed E-state index contributed by atoms with van der Waals surface area (Å²) in [5.74, 6) is -6.51. The average Bonchev–Trinajstić information content (AvgIpc) is 2.66. The third kappa shape index (κ3) is 6.40. The molecule has 0 saturated carbocycles. The van der Waals surface area contributed by atoms with Gasteiger partial charge in [-0.3, -0.25) is 4.79 Å². The van der Waals surface area contributed by atoms with Crippen LogP contribution >= 0.6 is 0 Å². The fourth-order valence-corrected chi connectivity index (χ4v) is 3.00. The molecule has 0 aliphatic carbocycles. The second kappa shape index (κ2) is 10.1. The van der Waals surface area contributed by atoms with Crippen molar-refractivity contribution in [2.24, 2.45) is 0 Å². The summed E-state index contributed by atoms with van der Waals surface area (Å²) in [6.07, 6.45) is -3.83. The molecule has 0 fully saturated rings. The highest BCUT2D eigenvalue weighted by atomic mass is 19.3. The maximum atomic E-state index is 13.6. The van der Waals surface area contributed by atoms with E-state index in [4.69, 9.17) is 18.9 Å². The van der Waals surface area contributed by atoms with Crippen LogP contribution in [0.25, 0.3) is 0 Å². The van der Waals surface area contributed by atoms with Crippen molar-refractivity contribution >= 4 is 25.0 Å². The number of ether oxygens (including phenoxy) is 3.